The van der Waals surface area contributed by atoms with Crippen LogP contribution < -0.4 is 5.32 Å². The first-order chi connectivity index (χ1) is 8.54. The van der Waals surface area contributed by atoms with Crippen molar-refractivity contribution in [3.63, 3.8) is 0 Å². The number of nitrogens with one attached hydrogen (secondary N) is 1. The van der Waals surface area contributed by atoms with Crippen molar-refractivity contribution in [3.05, 3.63) is 33.7 Å². The summed E-state index contributed by atoms with van der Waals surface area (Å²) < 4.78 is 20.2. The van der Waals surface area contributed by atoms with Crippen LogP contribution in [0.1, 0.15) is 37.6 Å². The van der Waals surface area contributed by atoms with Gasteiger partial charge in [-0.05, 0) is 38.9 Å². The molecule has 0 aliphatic carbocycles. The summed E-state index contributed by atoms with van der Waals surface area (Å²) in [6.45, 7) is 7.04. The molecule has 1 aromatic carbocycles. The molecule has 0 fully saturated rings. The highest BCUT2D eigenvalue weighted by Gasteiger charge is 2.18. The molecule has 18 heavy (non-hydrogen) atoms. The van der Waals surface area contributed by atoms with Crippen LogP contribution in [0.5, 0.6) is 0 Å². The number of hydrogen-bond acceptors (Lipinski definition) is 2. The molecule has 0 amide bonds. The lowest BCUT2D eigenvalue weighted by molar-refractivity contribution is 0.440. The van der Waals surface area contributed by atoms with E-state index in [2.05, 4.69) is 28.2 Å². The van der Waals surface area contributed by atoms with Crippen LogP contribution in [0, 0.1) is 12.7 Å². The molecule has 2 aromatic rings. The fraction of sp³-hybridized carbons (Fsp3) is 0.429. The first-order valence-electron chi connectivity index (χ1n) is 6.16. The molecule has 0 aliphatic rings. The second-order valence-electron chi connectivity index (χ2n) is 4.53. The molecular formula is C14H17BrFNO. The zero-order chi connectivity index (χ0) is 13.3. The first-order valence-corrected chi connectivity index (χ1v) is 6.95. The summed E-state index contributed by atoms with van der Waals surface area (Å²) in [6.07, 6.45) is 1.06. The van der Waals surface area contributed by atoms with Gasteiger partial charge in [-0.2, -0.15) is 0 Å². The number of furan rings is 1. The maximum absolute atomic E-state index is 13.8. The smallest absolute Gasteiger partial charge is 0.170 e. The van der Waals surface area contributed by atoms with Crippen molar-refractivity contribution in [1.29, 1.82) is 0 Å². The molecule has 1 aromatic heterocycles. The number of halogens is 2. The highest BCUT2D eigenvalue weighted by atomic mass is 79.9. The Hall–Kier alpha value is -0.870. The van der Waals surface area contributed by atoms with Crippen LogP contribution in [-0.2, 0) is 0 Å². The standard InChI is InChI=1S/C14H17BrFNO/c1-4-5-17-9(3)13-8(2)11-6-10(15)7-12(16)14(11)18-13/h6-7,9,17H,4-5H2,1-3H3. The Kier molecular flexibility index (Phi) is 4.07. The van der Waals surface area contributed by atoms with Crippen molar-refractivity contribution in [1.82, 2.24) is 5.32 Å². The average Bonchev–Trinajstić information content (AvgIpc) is 2.65. The van der Waals surface area contributed by atoms with E-state index in [-0.39, 0.29) is 11.9 Å². The van der Waals surface area contributed by atoms with E-state index in [1.165, 1.54) is 6.07 Å². The normalized spacial score (nSPS) is 13.2. The zero-order valence-electron chi connectivity index (χ0n) is 10.8. The third-order valence-corrected chi connectivity index (χ3v) is 3.55. The van der Waals surface area contributed by atoms with Gasteiger partial charge in [0.05, 0.1) is 6.04 Å². The SMILES string of the molecule is CCCNC(C)c1oc2c(F)cc(Br)cc2c1C. The average molecular weight is 314 g/mol. The highest BCUT2D eigenvalue weighted by molar-refractivity contribution is 9.10. The van der Waals surface area contributed by atoms with Gasteiger partial charge in [-0.3, -0.25) is 0 Å². The van der Waals surface area contributed by atoms with E-state index in [4.69, 9.17) is 4.42 Å². The van der Waals surface area contributed by atoms with Crippen molar-refractivity contribution >= 4 is 26.9 Å². The summed E-state index contributed by atoms with van der Waals surface area (Å²) in [5.74, 6) is 0.492. The van der Waals surface area contributed by atoms with Crippen molar-refractivity contribution in [2.24, 2.45) is 0 Å². The summed E-state index contributed by atoms with van der Waals surface area (Å²) in [7, 11) is 0. The van der Waals surface area contributed by atoms with E-state index in [1.807, 2.05) is 19.9 Å². The molecule has 0 saturated heterocycles. The quantitative estimate of drug-likeness (QED) is 0.884. The number of rotatable bonds is 4. The Balaban J connectivity index is 2.47. The number of aryl methyl sites for hydroxylation is 1. The molecule has 1 atom stereocenters. The van der Waals surface area contributed by atoms with Crippen LogP contribution in [0.25, 0.3) is 11.0 Å². The lowest BCUT2D eigenvalue weighted by Gasteiger charge is -2.11. The van der Waals surface area contributed by atoms with Crippen LogP contribution in [0.2, 0.25) is 0 Å². The van der Waals surface area contributed by atoms with Gasteiger partial charge in [0.2, 0.25) is 0 Å². The van der Waals surface area contributed by atoms with E-state index in [0.717, 1.165) is 34.1 Å². The lowest BCUT2D eigenvalue weighted by atomic mass is 10.1. The van der Waals surface area contributed by atoms with E-state index >= 15 is 0 Å². The van der Waals surface area contributed by atoms with Crippen molar-refractivity contribution in [3.8, 4) is 0 Å². The van der Waals surface area contributed by atoms with Gasteiger partial charge in [0.15, 0.2) is 11.4 Å². The largest absolute Gasteiger partial charge is 0.456 e. The van der Waals surface area contributed by atoms with E-state index < -0.39 is 0 Å². The fourth-order valence-electron chi connectivity index (χ4n) is 2.13. The van der Waals surface area contributed by atoms with Crippen LogP contribution in [0.15, 0.2) is 21.0 Å². The molecule has 1 heterocycles. The Labute approximate surface area is 115 Å². The van der Waals surface area contributed by atoms with Crippen molar-refractivity contribution in [2.45, 2.75) is 33.2 Å². The summed E-state index contributed by atoms with van der Waals surface area (Å²) in [6, 6.07) is 3.42. The molecule has 0 radical (unpaired) electrons. The van der Waals surface area contributed by atoms with Crippen LogP contribution in [-0.4, -0.2) is 6.54 Å². The fourth-order valence-corrected chi connectivity index (χ4v) is 2.56. The van der Waals surface area contributed by atoms with Crippen LogP contribution >= 0.6 is 15.9 Å². The Morgan fingerprint density at radius 3 is 2.83 bits per heavy atom. The van der Waals surface area contributed by atoms with Crippen LogP contribution in [0.3, 0.4) is 0 Å². The minimum Gasteiger partial charge on any atom is -0.456 e. The van der Waals surface area contributed by atoms with Gasteiger partial charge in [-0.15, -0.1) is 0 Å². The Morgan fingerprint density at radius 1 is 1.44 bits per heavy atom. The molecule has 0 saturated carbocycles. The molecule has 0 spiro atoms. The molecule has 1 unspecified atom stereocenters. The minimum absolute atomic E-state index is 0.0931. The topological polar surface area (TPSA) is 25.2 Å². The van der Waals surface area contributed by atoms with E-state index in [0.29, 0.717) is 5.58 Å². The monoisotopic (exact) mass is 313 g/mol. The van der Waals surface area contributed by atoms with Gasteiger partial charge < -0.3 is 9.73 Å². The van der Waals surface area contributed by atoms with Gasteiger partial charge >= 0.3 is 0 Å². The van der Waals surface area contributed by atoms with Crippen molar-refractivity contribution in [2.75, 3.05) is 6.54 Å². The van der Waals surface area contributed by atoms with Gasteiger partial charge in [-0.1, -0.05) is 22.9 Å². The Bertz CT molecular complexity index is 564. The van der Waals surface area contributed by atoms with Crippen molar-refractivity contribution < 1.29 is 8.81 Å². The van der Waals surface area contributed by atoms with Gasteiger partial charge in [0, 0.05) is 15.4 Å². The highest BCUT2D eigenvalue weighted by Crippen LogP contribution is 2.33. The minimum atomic E-state index is -0.323. The summed E-state index contributed by atoms with van der Waals surface area (Å²) >= 11 is 3.31. The second kappa shape index (κ2) is 5.41. The van der Waals surface area contributed by atoms with Gasteiger partial charge in [0.25, 0.3) is 0 Å². The van der Waals surface area contributed by atoms with E-state index in [9.17, 15) is 4.39 Å². The first kappa shape index (κ1) is 13.6. The summed E-state index contributed by atoms with van der Waals surface area (Å²) in [5.41, 5.74) is 1.34. The lowest BCUT2D eigenvalue weighted by Crippen LogP contribution is -2.19. The number of benzene rings is 1. The molecule has 0 aliphatic heterocycles. The number of fused-ring (bicyclic) bond motifs is 1. The predicted molar refractivity (Wildman–Crippen MR) is 75.3 cm³/mol. The summed E-state index contributed by atoms with van der Waals surface area (Å²) in [5, 5.41) is 4.19. The van der Waals surface area contributed by atoms with E-state index in [1.54, 1.807) is 0 Å². The zero-order valence-corrected chi connectivity index (χ0v) is 12.4. The molecule has 0 bridgehead atoms. The molecule has 2 rings (SSSR count). The second-order valence-corrected chi connectivity index (χ2v) is 5.45. The van der Waals surface area contributed by atoms with Crippen LogP contribution in [0.4, 0.5) is 4.39 Å². The third-order valence-electron chi connectivity index (χ3n) is 3.09. The molecule has 4 heteroatoms. The predicted octanol–water partition coefficient (Wildman–Crippen LogP) is 4.70. The van der Waals surface area contributed by atoms with Gasteiger partial charge in [-0.25, -0.2) is 4.39 Å². The van der Waals surface area contributed by atoms with Gasteiger partial charge in [0.1, 0.15) is 5.76 Å². The third kappa shape index (κ3) is 2.45. The maximum atomic E-state index is 13.8. The molecular weight excluding hydrogens is 297 g/mol. The molecule has 1 N–H and O–H groups in total. The summed E-state index contributed by atoms with van der Waals surface area (Å²) in [4.78, 5) is 0. The molecule has 2 nitrogen and oxygen atoms in total. The Morgan fingerprint density at radius 2 is 2.17 bits per heavy atom. The maximum Gasteiger partial charge on any atom is 0.170 e. The molecule has 98 valence electrons. The number of hydrogen-bond donors (Lipinski definition) is 1.